The monoisotopic (exact) mass is 425 g/mol. The number of aromatic nitrogens is 3. The highest BCUT2D eigenvalue weighted by molar-refractivity contribution is 6.44. The Kier molecular flexibility index (Phi) is 6.53. The molecular formula is C18H21Cl2N5O3. The average Bonchev–Trinajstić information content (AvgIpc) is 3.20. The zero-order valence-corrected chi connectivity index (χ0v) is 17.1. The fourth-order valence-corrected chi connectivity index (χ4v) is 3.54. The van der Waals surface area contributed by atoms with Crippen molar-refractivity contribution in [3.05, 3.63) is 40.1 Å². The summed E-state index contributed by atoms with van der Waals surface area (Å²) in [5, 5.41) is 11.4. The van der Waals surface area contributed by atoms with Crippen LogP contribution >= 0.6 is 23.2 Å². The van der Waals surface area contributed by atoms with Gasteiger partial charge >= 0.3 is 5.97 Å². The van der Waals surface area contributed by atoms with Gasteiger partial charge in [-0.25, -0.2) is 9.48 Å². The number of carbonyl (C=O) groups is 2. The molecule has 1 aliphatic heterocycles. The summed E-state index contributed by atoms with van der Waals surface area (Å²) < 4.78 is 6.35. The summed E-state index contributed by atoms with van der Waals surface area (Å²) in [6, 6.07) is 4.93. The number of hydrogen-bond donors (Lipinski definition) is 1. The van der Waals surface area contributed by atoms with Crippen molar-refractivity contribution < 1.29 is 14.3 Å². The Labute approximate surface area is 172 Å². The van der Waals surface area contributed by atoms with E-state index in [4.69, 9.17) is 23.2 Å². The van der Waals surface area contributed by atoms with Gasteiger partial charge in [0.25, 0.3) is 0 Å². The third-order valence-corrected chi connectivity index (χ3v) is 5.73. The number of nitrogens with zero attached hydrogens (tertiary/aromatic N) is 4. The van der Waals surface area contributed by atoms with E-state index < -0.39 is 5.97 Å². The number of hydrogen-bond acceptors (Lipinski definition) is 6. The molecule has 0 radical (unpaired) electrons. The van der Waals surface area contributed by atoms with Gasteiger partial charge in [-0.2, -0.15) is 0 Å². The Hall–Kier alpha value is -2.16. The quantitative estimate of drug-likeness (QED) is 0.740. The van der Waals surface area contributed by atoms with Crippen molar-refractivity contribution >= 4 is 40.8 Å². The van der Waals surface area contributed by atoms with E-state index >= 15 is 0 Å². The second-order valence-corrected chi connectivity index (χ2v) is 7.39. The van der Waals surface area contributed by atoms with Crippen LogP contribution in [0.1, 0.15) is 36.3 Å². The highest BCUT2D eigenvalue weighted by atomic mass is 35.5. The predicted molar refractivity (Wildman–Crippen MR) is 106 cm³/mol. The molecule has 3 rings (SSSR count). The largest absolute Gasteiger partial charge is 0.464 e. The number of anilines is 1. The molecule has 150 valence electrons. The summed E-state index contributed by atoms with van der Waals surface area (Å²) in [6.45, 7) is 3.30. The van der Waals surface area contributed by atoms with Crippen LogP contribution in [0.5, 0.6) is 0 Å². The maximum Gasteiger partial charge on any atom is 0.360 e. The molecule has 1 fully saturated rings. The van der Waals surface area contributed by atoms with E-state index in [9.17, 15) is 9.59 Å². The molecular weight excluding hydrogens is 405 g/mol. The number of nitrogens with one attached hydrogen (secondary N) is 1. The molecule has 1 N–H and O–H groups in total. The van der Waals surface area contributed by atoms with Crippen LogP contribution in [0.4, 0.5) is 5.69 Å². The molecule has 0 saturated carbocycles. The number of halogens is 2. The second-order valence-electron chi connectivity index (χ2n) is 6.61. The van der Waals surface area contributed by atoms with Gasteiger partial charge in [0.05, 0.1) is 41.1 Å². The van der Waals surface area contributed by atoms with E-state index in [-0.39, 0.29) is 23.7 Å². The van der Waals surface area contributed by atoms with E-state index in [1.54, 1.807) is 29.1 Å². The maximum absolute atomic E-state index is 12.6. The number of likely N-dealkylation sites (tertiary alicyclic amines) is 1. The third-order valence-electron chi connectivity index (χ3n) is 4.91. The number of esters is 1. The predicted octanol–water partition coefficient (Wildman–Crippen LogP) is 3.04. The molecule has 28 heavy (non-hydrogen) atoms. The molecule has 0 spiro atoms. The first-order valence-electron chi connectivity index (χ1n) is 8.89. The molecule has 8 nitrogen and oxygen atoms in total. The van der Waals surface area contributed by atoms with Crippen LogP contribution in [0, 0.1) is 0 Å². The smallest absolute Gasteiger partial charge is 0.360 e. The molecule has 1 saturated heterocycles. The molecule has 1 aromatic carbocycles. The lowest BCUT2D eigenvalue weighted by molar-refractivity contribution is -0.121. The summed E-state index contributed by atoms with van der Waals surface area (Å²) in [6.07, 6.45) is 3.18. The van der Waals surface area contributed by atoms with E-state index in [1.807, 2.05) is 6.92 Å². The lowest BCUT2D eigenvalue weighted by Gasteiger charge is -2.35. The van der Waals surface area contributed by atoms with Crippen molar-refractivity contribution in [1.82, 2.24) is 19.9 Å². The van der Waals surface area contributed by atoms with Gasteiger partial charge in [0.15, 0.2) is 5.69 Å². The Morgan fingerprint density at radius 3 is 2.68 bits per heavy atom. The lowest BCUT2D eigenvalue weighted by Crippen LogP contribution is -2.46. The minimum absolute atomic E-state index is 0.125. The van der Waals surface area contributed by atoms with Gasteiger partial charge in [-0.1, -0.05) is 34.5 Å². The Bertz CT molecular complexity index is 865. The van der Waals surface area contributed by atoms with Crippen LogP contribution in [0.3, 0.4) is 0 Å². The molecule has 0 aliphatic carbocycles. The minimum atomic E-state index is -0.506. The Morgan fingerprint density at radius 1 is 1.29 bits per heavy atom. The summed E-state index contributed by atoms with van der Waals surface area (Å²) in [5.41, 5.74) is 0.690. The highest BCUT2D eigenvalue weighted by Gasteiger charge is 2.28. The van der Waals surface area contributed by atoms with Gasteiger partial charge in [0.2, 0.25) is 5.91 Å². The van der Waals surface area contributed by atoms with E-state index in [0.29, 0.717) is 15.7 Å². The highest BCUT2D eigenvalue weighted by Crippen LogP contribution is 2.30. The first-order chi connectivity index (χ1) is 13.4. The number of benzene rings is 1. The second kappa shape index (κ2) is 8.89. The molecule has 0 unspecified atom stereocenters. The van der Waals surface area contributed by atoms with Gasteiger partial charge in [0, 0.05) is 13.1 Å². The Balaban J connectivity index is 1.56. The third kappa shape index (κ3) is 4.45. The van der Waals surface area contributed by atoms with Crippen molar-refractivity contribution in [3.8, 4) is 0 Å². The van der Waals surface area contributed by atoms with Crippen molar-refractivity contribution in [3.63, 3.8) is 0 Å². The molecule has 1 amide bonds. The normalized spacial score (nSPS) is 16.6. The molecule has 1 aliphatic rings. The molecule has 0 bridgehead atoms. The number of carbonyl (C=O) groups excluding carboxylic acids is 2. The number of methoxy groups -OCH3 is 1. The molecule has 1 atom stereocenters. The van der Waals surface area contributed by atoms with E-state index in [1.165, 1.54) is 7.11 Å². The number of ether oxygens (including phenoxy) is 1. The molecule has 2 heterocycles. The average molecular weight is 426 g/mol. The number of piperidine rings is 1. The number of amides is 1. The fourth-order valence-electron chi connectivity index (χ4n) is 3.19. The topological polar surface area (TPSA) is 89.4 Å². The summed E-state index contributed by atoms with van der Waals surface area (Å²) in [4.78, 5) is 26.2. The van der Waals surface area contributed by atoms with E-state index in [2.05, 4.69) is 25.3 Å². The summed E-state index contributed by atoms with van der Waals surface area (Å²) in [7, 11) is 1.31. The van der Waals surface area contributed by atoms with Gasteiger partial charge in [-0.15, -0.1) is 5.10 Å². The SMILES string of the molecule is COC(=O)c1cn(C2CCN([C@@H](C)C(=O)Nc3cccc(Cl)c3Cl)CC2)nn1. The van der Waals surface area contributed by atoms with Gasteiger partial charge in [-0.3, -0.25) is 9.69 Å². The van der Waals surface area contributed by atoms with Crippen LogP contribution in [0.25, 0.3) is 0 Å². The van der Waals surface area contributed by atoms with Gasteiger partial charge < -0.3 is 10.1 Å². The van der Waals surface area contributed by atoms with Gasteiger partial charge in [-0.05, 0) is 31.9 Å². The molecule has 1 aromatic heterocycles. The zero-order chi connectivity index (χ0) is 20.3. The first-order valence-corrected chi connectivity index (χ1v) is 9.65. The van der Waals surface area contributed by atoms with Crippen molar-refractivity contribution in [2.45, 2.75) is 31.8 Å². The fraction of sp³-hybridized carbons (Fsp3) is 0.444. The molecule has 10 heteroatoms. The van der Waals surface area contributed by atoms with Crippen molar-refractivity contribution in [2.75, 3.05) is 25.5 Å². The van der Waals surface area contributed by atoms with Crippen LogP contribution in [0.15, 0.2) is 24.4 Å². The van der Waals surface area contributed by atoms with Crippen LogP contribution in [-0.2, 0) is 9.53 Å². The van der Waals surface area contributed by atoms with Crippen molar-refractivity contribution in [1.29, 1.82) is 0 Å². The van der Waals surface area contributed by atoms with Gasteiger partial charge in [0.1, 0.15) is 0 Å². The van der Waals surface area contributed by atoms with Crippen molar-refractivity contribution in [2.24, 2.45) is 0 Å². The summed E-state index contributed by atoms with van der Waals surface area (Å²) in [5.74, 6) is -0.648. The summed E-state index contributed by atoms with van der Waals surface area (Å²) >= 11 is 12.1. The molecule has 2 aromatic rings. The van der Waals surface area contributed by atoms with Crippen LogP contribution in [-0.4, -0.2) is 58.0 Å². The zero-order valence-electron chi connectivity index (χ0n) is 15.6. The maximum atomic E-state index is 12.6. The standard InChI is InChI=1S/C18H21Cl2N5O3/c1-11(17(26)21-14-5-3-4-13(19)16(14)20)24-8-6-12(7-9-24)25-10-15(22-23-25)18(27)28-2/h3-5,10-12H,6-9H2,1-2H3,(H,21,26)/t11-/m0/s1. The first kappa shape index (κ1) is 20.6. The van der Waals surface area contributed by atoms with E-state index in [0.717, 1.165) is 25.9 Å². The van der Waals surface area contributed by atoms with Crippen LogP contribution in [0.2, 0.25) is 10.0 Å². The Morgan fingerprint density at radius 2 is 2.00 bits per heavy atom. The number of rotatable bonds is 5. The lowest BCUT2D eigenvalue weighted by atomic mass is 10.0. The van der Waals surface area contributed by atoms with Crippen LogP contribution < -0.4 is 5.32 Å². The minimum Gasteiger partial charge on any atom is -0.464 e.